The predicted molar refractivity (Wildman–Crippen MR) is 142 cm³/mol. The van der Waals surface area contributed by atoms with Crippen molar-refractivity contribution in [3.8, 4) is 11.5 Å². The average molecular weight is 489 g/mol. The van der Waals surface area contributed by atoms with Crippen LogP contribution in [0.5, 0.6) is 11.5 Å². The third-order valence-electron chi connectivity index (χ3n) is 5.91. The van der Waals surface area contributed by atoms with Crippen molar-refractivity contribution in [1.82, 2.24) is 10.2 Å². The number of para-hydroxylation sites is 1. The van der Waals surface area contributed by atoms with Gasteiger partial charge in [0, 0.05) is 19.5 Å². The van der Waals surface area contributed by atoms with Gasteiger partial charge in [-0.15, -0.1) is 0 Å². The molecule has 1 N–H and O–H groups in total. The van der Waals surface area contributed by atoms with Gasteiger partial charge in [0.05, 0.1) is 7.11 Å². The molecule has 6 heteroatoms. The zero-order valence-electron chi connectivity index (χ0n) is 21.4. The number of hydrogen-bond acceptors (Lipinski definition) is 4. The lowest BCUT2D eigenvalue weighted by atomic mass is 10.0. The number of rotatable bonds is 13. The number of hydrogen-bond donors (Lipinski definition) is 1. The third kappa shape index (κ3) is 8.45. The molecule has 0 aliphatic carbocycles. The summed E-state index contributed by atoms with van der Waals surface area (Å²) in [4.78, 5) is 28.7. The van der Waals surface area contributed by atoms with Crippen molar-refractivity contribution >= 4 is 11.8 Å². The quantitative estimate of drug-likeness (QED) is 0.373. The first kappa shape index (κ1) is 26.8. The molecule has 0 radical (unpaired) electrons. The van der Waals surface area contributed by atoms with E-state index in [9.17, 15) is 9.59 Å². The fraction of sp³-hybridized carbons (Fsp3) is 0.333. The van der Waals surface area contributed by atoms with Crippen molar-refractivity contribution in [2.75, 3.05) is 20.3 Å². The summed E-state index contributed by atoms with van der Waals surface area (Å²) in [5.41, 5.74) is 1.88. The molecule has 190 valence electrons. The van der Waals surface area contributed by atoms with Gasteiger partial charge < -0.3 is 19.7 Å². The molecular formula is C30H36N2O4. The maximum absolute atomic E-state index is 13.6. The SMILES string of the molecule is COc1ccc(CN(C(=O)COc2ccccc2)C(Cc2ccccc2)C(=O)NCCC(C)C)cc1. The van der Waals surface area contributed by atoms with Crippen LogP contribution in [-0.4, -0.2) is 43.0 Å². The van der Waals surface area contributed by atoms with Crippen LogP contribution >= 0.6 is 0 Å². The van der Waals surface area contributed by atoms with E-state index in [1.54, 1.807) is 24.1 Å². The van der Waals surface area contributed by atoms with E-state index in [-0.39, 0.29) is 25.0 Å². The van der Waals surface area contributed by atoms with Gasteiger partial charge in [-0.25, -0.2) is 0 Å². The Morgan fingerprint density at radius 2 is 1.47 bits per heavy atom. The lowest BCUT2D eigenvalue weighted by Crippen LogP contribution is -2.52. The number of ether oxygens (including phenoxy) is 2. The zero-order chi connectivity index (χ0) is 25.8. The van der Waals surface area contributed by atoms with Crippen molar-refractivity contribution in [1.29, 1.82) is 0 Å². The molecule has 0 saturated heterocycles. The molecule has 3 aromatic rings. The Bertz CT molecular complexity index is 1070. The number of nitrogens with zero attached hydrogens (tertiary/aromatic N) is 1. The Morgan fingerprint density at radius 3 is 2.08 bits per heavy atom. The molecule has 0 heterocycles. The van der Waals surface area contributed by atoms with Crippen molar-refractivity contribution in [2.24, 2.45) is 5.92 Å². The third-order valence-corrected chi connectivity index (χ3v) is 5.91. The average Bonchev–Trinajstić information content (AvgIpc) is 2.90. The van der Waals surface area contributed by atoms with E-state index in [1.807, 2.05) is 72.8 Å². The Hall–Kier alpha value is -3.80. The van der Waals surface area contributed by atoms with E-state index in [4.69, 9.17) is 9.47 Å². The van der Waals surface area contributed by atoms with Crippen LogP contribution in [-0.2, 0) is 22.6 Å². The van der Waals surface area contributed by atoms with Gasteiger partial charge in [0.2, 0.25) is 5.91 Å². The van der Waals surface area contributed by atoms with E-state index in [0.29, 0.717) is 24.6 Å². The summed E-state index contributed by atoms with van der Waals surface area (Å²) in [6.45, 7) is 4.91. The second kappa shape index (κ2) is 13.9. The van der Waals surface area contributed by atoms with Crippen LogP contribution in [0.1, 0.15) is 31.4 Å². The summed E-state index contributed by atoms with van der Waals surface area (Å²) in [7, 11) is 1.61. The Labute approximate surface area is 214 Å². The second-order valence-electron chi connectivity index (χ2n) is 9.15. The maximum atomic E-state index is 13.6. The van der Waals surface area contributed by atoms with Crippen LogP contribution in [0.15, 0.2) is 84.9 Å². The number of benzene rings is 3. The molecule has 0 saturated carbocycles. The standard InChI is InChI=1S/C30H36N2O4/c1-23(2)18-19-31-30(34)28(20-24-10-6-4-7-11-24)32(21-25-14-16-26(35-3)17-15-25)29(33)22-36-27-12-8-5-9-13-27/h4-17,23,28H,18-22H2,1-3H3,(H,31,34). The summed E-state index contributed by atoms with van der Waals surface area (Å²) < 4.78 is 11.0. The molecule has 0 aromatic heterocycles. The van der Waals surface area contributed by atoms with Gasteiger partial charge in [-0.05, 0) is 47.7 Å². The Balaban J connectivity index is 1.87. The van der Waals surface area contributed by atoms with Gasteiger partial charge in [0.15, 0.2) is 6.61 Å². The number of amides is 2. The fourth-order valence-corrected chi connectivity index (χ4v) is 3.83. The van der Waals surface area contributed by atoms with E-state index in [0.717, 1.165) is 23.3 Å². The normalized spacial score (nSPS) is 11.6. The molecule has 1 atom stereocenters. The van der Waals surface area contributed by atoms with E-state index in [2.05, 4.69) is 19.2 Å². The predicted octanol–water partition coefficient (Wildman–Crippen LogP) is 4.88. The van der Waals surface area contributed by atoms with Crippen LogP contribution in [0.2, 0.25) is 0 Å². The summed E-state index contributed by atoms with van der Waals surface area (Å²) in [6, 6.07) is 25.8. The highest BCUT2D eigenvalue weighted by Crippen LogP contribution is 2.18. The molecule has 0 aliphatic rings. The van der Waals surface area contributed by atoms with Crippen molar-refractivity contribution in [3.63, 3.8) is 0 Å². The van der Waals surface area contributed by atoms with Crippen molar-refractivity contribution in [2.45, 2.75) is 39.3 Å². The summed E-state index contributed by atoms with van der Waals surface area (Å²) in [6.07, 6.45) is 1.27. The number of carbonyl (C=O) groups is 2. The van der Waals surface area contributed by atoms with Gasteiger partial charge in [-0.1, -0.05) is 74.5 Å². The smallest absolute Gasteiger partial charge is 0.261 e. The highest BCUT2D eigenvalue weighted by atomic mass is 16.5. The van der Waals surface area contributed by atoms with Crippen LogP contribution in [0.4, 0.5) is 0 Å². The minimum Gasteiger partial charge on any atom is -0.497 e. The minimum atomic E-state index is -0.687. The van der Waals surface area contributed by atoms with E-state index >= 15 is 0 Å². The van der Waals surface area contributed by atoms with Crippen molar-refractivity contribution in [3.05, 3.63) is 96.1 Å². The summed E-state index contributed by atoms with van der Waals surface area (Å²) in [5.74, 6) is 1.39. The first-order chi connectivity index (χ1) is 17.5. The molecule has 0 fully saturated rings. The van der Waals surface area contributed by atoms with Crippen molar-refractivity contribution < 1.29 is 19.1 Å². The van der Waals surface area contributed by atoms with Gasteiger partial charge in [0.25, 0.3) is 5.91 Å². The van der Waals surface area contributed by atoms with Crippen LogP contribution in [0.25, 0.3) is 0 Å². The van der Waals surface area contributed by atoms with Crippen LogP contribution in [0, 0.1) is 5.92 Å². The van der Waals surface area contributed by atoms with Gasteiger partial charge >= 0.3 is 0 Å². The van der Waals surface area contributed by atoms with Crippen LogP contribution in [0.3, 0.4) is 0 Å². The molecule has 0 bridgehead atoms. The van der Waals surface area contributed by atoms with Gasteiger partial charge in [0.1, 0.15) is 17.5 Å². The molecule has 0 aliphatic heterocycles. The zero-order valence-corrected chi connectivity index (χ0v) is 21.4. The molecule has 3 rings (SSSR count). The summed E-state index contributed by atoms with van der Waals surface area (Å²) >= 11 is 0. The lowest BCUT2D eigenvalue weighted by molar-refractivity contribution is -0.142. The maximum Gasteiger partial charge on any atom is 0.261 e. The monoisotopic (exact) mass is 488 g/mol. The lowest BCUT2D eigenvalue weighted by Gasteiger charge is -2.31. The second-order valence-corrected chi connectivity index (χ2v) is 9.15. The molecular weight excluding hydrogens is 452 g/mol. The van der Waals surface area contributed by atoms with Crippen LogP contribution < -0.4 is 14.8 Å². The Morgan fingerprint density at radius 1 is 0.833 bits per heavy atom. The number of carbonyl (C=O) groups excluding carboxylic acids is 2. The van der Waals surface area contributed by atoms with E-state index in [1.165, 1.54) is 0 Å². The molecule has 1 unspecified atom stereocenters. The number of methoxy groups -OCH3 is 1. The number of nitrogens with one attached hydrogen (secondary N) is 1. The molecule has 3 aromatic carbocycles. The minimum absolute atomic E-state index is 0.162. The molecule has 6 nitrogen and oxygen atoms in total. The topological polar surface area (TPSA) is 67.9 Å². The first-order valence-corrected chi connectivity index (χ1v) is 12.4. The van der Waals surface area contributed by atoms with Gasteiger partial charge in [-0.2, -0.15) is 0 Å². The Kier molecular flexibility index (Phi) is 10.4. The molecule has 0 spiro atoms. The largest absolute Gasteiger partial charge is 0.497 e. The highest BCUT2D eigenvalue weighted by Gasteiger charge is 2.30. The fourth-order valence-electron chi connectivity index (χ4n) is 3.83. The molecule has 36 heavy (non-hydrogen) atoms. The summed E-state index contributed by atoms with van der Waals surface area (Å²) in [5, 5.41) is 3.05. The van der Waals surface area contributed by atoms with E-state index < -0.39 is 6.04 Å². The molecule has 2 amide bonds. The first-order valence-electron chi connectivity index (χ1n) is 12.4. The highest BCUT2D eigenvalue weighted by molar-refractivity contribution is 5.88. The van der Waals surface area contributed by atoms with Gasteiger partial charge in [-0.3, -0.25) is 9.59 Å².